The lowest BCUT2D eigenvalue weighted by Gasteiger charge is -2.35. The molecule has 46 heavy (non-hydrogen) atoms. The number of amides is 3. The number of allylic oxidation sites excluding steroid dienone is 1. The highest BCUT2D eigenvalue weighted by molar-refractivity contribution is 5.90. The zero-order valence-corrected chi connectivity index (χ0v) is 27.2. The Morgan fingerprint density at radius 2 is 1.74 bits per heavy atom. The number of nitrogens with one attached hydrogen (secondary N) is 3. The molecule has 3 N–H and O–H groups in total. The van der Waals surface area contributed by atoms with Crippen LogP contribution in [0, 0.1) is 5.92 Å². The molecule has 2 aliphatic heterocycles. The zero-order valence-electron chi connectivity index (χ0n) is 27.2. The van der Waals surface area contributed by atoms with E-state index >= 15 is 0 Å². The molecule has 3 heterocycles. The first-order valence-corrected chi connectivity index (χ1v) is 16.0. The molecule has 4 rings (SSSR count). The van der Waals surface area contributed by atoms with Crippen molar-refractivity contribution in [3.8, 4) is 0 Å². The van der Waals surface area contributed by atoms with Crippen LogP contribution in [0.3, 0.4) is 0 Å². The first-order chi connectivity index (χ1) is 21.9. The quantitative estimate of drug-likeness (QED) is 0.421. The smallest absolute Gasteiger partial charge is 0.306 e. The van der Waals surface area contributed by atoms with Crippen LogP contribution in [0.2, 0.25) is 0 Å². The highest BCUT2D eigenvalue weighted by Gasteiger charge is 2.34. The maximum Gasteiger partial charge on any atom is 0.306 e. The second-order valence-electron chi connectivity index (χ2n) is 12.4. The highest BCUT2D eigenvalue weighted by Crippen LogP contribution is 2.21. The number of fused-ring (bicyclic) bond motifs is 4. The Morgan fingerprint density at radius 1 is 1.00 bits per heavy atom. The largest absolute Gasteiger partial charge is 0.463 e. The summed E-state index contributed by atoms with van der Waals surface area (Å²) in [6, 6.07) is 7.83. The van der Waals surface area contributed by atoms with E-state index in [-0.39, 0.29) is 30.7 Å². The molecule has 5 atom stereocenters. The molecule has 1 aromatic carbocycles. The third-order valence-electron chi connectivity index (χ3n) is 8.13. The van der Waals surface area contributed by atoms with Crippen molar-refractivity contribution >= 4 is 46.6 Å². The van der Waals surface area contributed by atoms with E-state index in [4.69, 9.17) is 14.5 Å². The van der Waals surface area contributed by atoms with Gasteiger partial charge in [-0.3, -0.25) is 34.0 Å². The van der Waals surface area contributed by atoms with Crippen molar-refractivity contribution in [3.63, 3.8) is 0 Å². The van der Waals surface area contributed by atoms with E-state index in [2.05, 4.69) is 16.1 Å². The van der Waals surface area contributed by atoms with Gasteiger partial charge in [0, 0.05) is 25.3 Å². The summed E-state index contributed by atoms with van der Waals surface area (Å²) in [5.74, 6) is -2.67. The van der Waals surface area contributed by atoms with Crippen molar-refractivity contribution in [2.75, 3.05) is 6.54 Å². The SMILES string of the molecule is CC(=O)O[C@@H]1CC/C=C/c2ccc3ccc(nc3c2)[C@@H](C)NC(=O)[C@@H]2CCCN(N2)C(=O)[C@H](C)NC(=O)[C@H](C(C)C)OC(=O)CC1. The van der Waals surface area contributed by atoms with Gasteiger partial charge in [-0.15, -0.1) is 0 Å². The molecule has 1 fully saturated rings. The lowest BCUT2D eigenvalue weighted by Crippen LogP contribution is -2.61. The lowest BCUT2D eigenvalue weighted by atomic mass is 10.1. The van der Waals surface area contributed by atoms with Crippen LogP contribution >= 0.6 is 0 Å². The molecule has 2 aliphatic rings. The highest BCUT2D eigenvalue weighted by atomic mass is 16.6. The molecule has 3 amide bonds. The monoisotopic (exact) mass is 635 g/mol. The molecular weight excluding hydrogens is 590 g/mol. The average Bonchev–Trinajstić information content (AvgIpc) is 3.02. The van der Waals surface area contributed by atoms with Gasteiger partial charge in [-0.25, -0.2) is 5.43 Å². The van der Waals surface area contributed by atoms with E-state index in [1.807, 2.05) is 49.4 Å². The normalized spacial score (nSPS) is 26.6. The summed E-state index contributed by atoms with van der Waals surface area (Å²) in [6.07, 6.45) is 4.72. The van der Waals surface area contributed by atoms with Gasteiger partial charge in [-0.05, 0) is 69.6 Å². The number of hydrogen-bond acceptors (Lipinski definition) is 9. The Morgan fingerprint density at radius 3 is 2.48 bits per heavy atom. The van der Waals surface area contributed by atoms with Crippen LogP contribution in [0.4, 0.5) is 0 Å². The standard InChI is InChI=1S/C34H45N5O7/c1-20(2)31-33(43)36-22(4)34(44)39-18-8-11-28(38-39)32(42)35-21(3)27-16-14-25-13-12-24(19-29(25)37-27)9-6-7-10-26(45-23(5)40)15-17-30(41)46-31/h6,9,12-14,16,19-22,26,28,31,38H,7-8,10-11,15,17-18H2,1-5H3,(H,35,42)(H,36,43)/b9-6+/t21-,22+,26-,28+,31+/m1/s1. The van der Waals surface area contributed by atoms with Crippen molar-refractivity contribution in [1.29, 1.82) is 0 Å². The van der Waals surface area contributed by atoms with E-state index in [9.17, 15) is 24.0 Å². The minimum atomic E-state index is -1.12. The van der Waals surface area contributed by atoms with Crippen molar-refractivity contribution in [1.82, 2.24) is 26.1 Å². The van der Waals surface area contributed by atoms with Crippen LogP contribution in [-0.2, 0) is 33.4 Å². The number of benzene rings is 1. The summed E-state index contributed by atoms with van der Waals surface area (Å²) >= 11 is 0. The molecule has 1 saturated heterocycles. The van der Waals surface area contributed by atoms with E-state index < -0.39 is 48.0 Å². The van der Waals surface area contributed by atoms with Crippen LogP contribution in [0.15, 0.2) is 36.4 Å². The Labute approximate surface area is 269 Å². The maximum absolute atomic E-state index is 13.3. The zero-order chi connectivity index (χ0) is 33.4. The summed E-state index contributed by atoms with van der Waals surface area (Å²) < 4.78 is 11.0. The van der Waals surface area contributed by atoms with Gasteiger partial charge in [0.15, 0.2) is 6.10 Å². The number of carbonyl (C=O) groups excluding carboxylic acids is 5. The van der Waals surface area contributed by atoms with Gasteiger partial charge < -0.3 is 20.1 Å². The number of cyclic esters (lactones) is 1. The molecular formula is C34H45N5O7. The van der Waals surface area contributed by atoms with Crippen molar-refractivity contribution in [3.05, 3.63) is 47.7 Å². The first kappa shape index (κ1) is 34.6. The number of ether oxygens (including phenoxy) is 2. The molecule has 0 spiro atoms. The van der Waals surface area contributed by atoms with Crippen molar-refractivity contribution in [2.24, 2.45) is 5.92 Å². The Bertz CT molecular complexity index is 1480. The average molecular weight is 636 g/mol. The second kappa shape index (κ2) is 15.8. The molecule has 12 heteroatoms. The Balaban J connectivity index is 1.59. The predicted molar refractivity (Wildman–Crippen MR) is 172 cm³/mol. The second-order valence-corrected chi connectivity index (χ2v) is 12.4. The summed E-state index contributed by atoms with van der Waals surface area (Å²) in [7, 11) is 0. The molecule has 5 bridgehead atoms. The molecule has 248 valence electrons. The van der Waals surface area contributed by atoms with Crippen LogP contribution < -0.4 is 16.1 Å². The van der Waals surface area contributed by atoms with Crippen LogP contribution in [0.1, 0.15) is 90.4 Å². The predicted octanol–water partition coefficient (Wildman–Crippen LogP) is 3.50. The number of nitrogens with zero attached hydrogens (tertiary/aromatic N) is 2. The van der Waals surface area contributed by atoms with Gasteiger partial charge in [-0.1, -0.05) is 44.2 Å². The van der Waals surface area contributed by atoms with E-state index in [0.29, 0.717) is 37.9 Å². The number of hydrogen-bond donors (Lipinski definition) is 3. The fourth-order valence-corrected chi connectivity index (χ4v) is 5.58. The maximum atomic E-state index is 13.3. The first-order valence-electron chi connectivity index (χ1n) is 16.0. The fourth-order valence-electron chi connectivity index (χ4n) is 5.58. The number of hydrazine groups is 1. The topological polar surface area (TPSA) is 156 Å². The van der Waals surface area contributed by atoms with Gasteiger partial charge >= 0.3 is 11.9 Å². The minimum Gasteiger partial charge on any atom is -0.463 e. The number of pyridine rings is 1. The molecule has 12 nitrogen and oxygen atoms in total. The third-order valence-corrected chi connectivity index (χ3v) is 8.13. The summed E-state index contributed by atoms with van der Waals surface area (Å²) in [6.45, 7) is 8.60. The number of aromatic nitrogens is 1. The lowest BCUT2D eigenvalue weighted by molar-refractivity contribution is -0.161. The molecule has 2 aromatic rings. The number of carbonyl (C=O) groups is 5. The molecule has 1 aromatic heterocycles. The summed E-state index contributed by atoms with van der Waals surface area (Å²) in [5, 5.41) is 8.00. The van der Waals surface area contributed by atoms with Gasteiger partial charge in [-0.2, -0.15) is 0 Å². The van der Waals surface area contributed by atoms with Gasteiger partial charge in [0.25, 0.3) is 11.8 Å². The van der Waals surface area contributed by atoms with E-state index in [1.165, 1.54) is 11.9 Å². The summed E-state index contributed by atoms with van der Waals surface area (Å²) in [5.41, 5.74) is 5.44. The van der Waals surface area contributed by atoms with Gasteiger partial charge in [0.05, 0.1) is 17.3 Å². The van der Waals surface area contributed by atoms with Crippen molar-refractivity contribution in [2.45, 2.75) is 103 Å². The minimum absolute atomic E-state index is 0.0507. The molecule has 0 unspecified atom stereocenters. The number of esters is 2. The fraction of sp³-hybridized carbons (Fsp3) is 0.529. The van der Waals surface area contributed by atoms with E-state index in [1.54, 1.807) is 20.8 Å². The van der Waals surface area contributed by atoms with E-state index in [0.717, 1.165) is 16.5 Å². The van der Waals surface area contributed by atoms with Crippen molar-refractivity contribution < 1.29 is 33.4 Å². The Hall–Kier alpha value is -4.32. The summed E-state index contributed by atoms with van der Waals surface area (Å²) in [4.78, 5) is 69.1. The van der Waals surface area contributed by atoms with Crippen LogP contribution in [0.25, 0.3) is 17.0 Å². The Kier molecular flexibility index (Phi) is 11.9. The van der Waals surface area contributed by atoms with Crippen LogP contribution in [0.5, 0.6) is 0 Å². The molecule has 0 saturated carbocycles. The molecule has 0 radical (unpaired) electrons. The van der Waals surface area contributed by atoms with Crippen LogP contribution in [-0.4, -0.2) is 70.5 Å². The van der Waals surface area contributed by atoms with Gasteiger partial charge in [0.1, 0.15) is 18.2 Å². The number of rotatable bonds is 2. The third kappa shape index (κ3) is 9.35. The molecule has 0 aliphatic carbocycles. The van der Waals surface area contributed by atoms with Gasteiger partial charge in [0.2, 0.25) is 5.91 Å².